The van der Waals surface area contributed by atoms with Crippen LogP contribution in [0.15, 0.2) is 12.3 Å². The van der Waals surface area contributed by atoms with E-state index in [1.54, 1.807) is 6.20 Å². The van der Waals surface area contributed by atoms with Crippen LogP contribution in [0.3, 0.4) is 0 Å². The van der Waals surface area contributed by atoms with Crippen LogP contribution in [-0.4, -0.2) is 29.3 Å². The molecule has 6 heteroatoms. The molecule has 0 aromatic carbocycles. The summed E-state index contributed by atoms with van der Waals surface area (Å²) in [7, 11) is -0.572. The molecule has 3 rings (SSSR count). The van der Waals surface area contributed by atoms with Gasteiger partial charge in [0.2, 0.25) is 0 Å². The van der Waals surface area contributed by atoms with E-state index in [4.69, 9.17) is 9.31 Å². The van der Waals surface area contributed by atoms with Crippen LogP contribution in [0.25, 0.3) is 0 Å². The van der Waals surface area contributed by atoms with Gasteiger partial charge in [0.25, 0.3) is 0 Å². The molecule has 0 amide bonds. The first-order valence-corrected chi connectivity index (χ1v) is 7.06. The van der Waals surface area contributed by atoms with Crippen LogP contribution in [0.5, 0.6) is 0 Å². The summed E-state index contributed by atoms with van der Waals surface area (Å²) in [5.41, 5.74) is -0.250. The van der Waals surface area contributed by atoms with Crippen LogP contribution in [0.1, 0.15) is 40.5 Å². The zero-order chi connectivity index (χ0) is 14.5. The lowest BCUT2D eigenvalue weighted by Gasteiger charge is -2.32. The number of pyridine rings is 1. The number of rotatable bonds is 3. The maximum atomic E-state index is 14.0. The highest BCUT2D eigenvalue weighted by Crippen LogP contribution is 2.36. The van der Waals surface area contributed by atoms with Gasteiger partial charge in [-0.3, -0.25) is 0 Å². The predicted molar refractivity (Wildman–Crippen MR) is 76.6 cm³/mol. The van der Waals surface area contributed by atoms with Crippen LogP contribution in [0.2, 0.25) is 0 Å². The third-order valence-corrected chi connectivity index (χ3v) is 4.31. The Labute approximate surface area is 119 Å². The summed E-state index contributed by atoms with van der Waals surface area (Å²) in [5.74, 6) is -0.0446. The highest BCUT2D eigenvalue weighted by molar-refractivity contribution is 6.62. The molecule has 1 aliphatic heterocycles. The van der Waals surface area contributed by atoms with Gasteiger partial charge >= 0.3 is 7.12 Å². The van der Waals surface area contributed by atoms with E-state index in [9.17, 15) is 4.39 Å². The number of hydrogen-bond donors (Lipinski definition) is 1. The normalized spacial score (nSPS) is 23.9. The fourth-order valence-corrected chi connectivity index (χ4v) is 2.09. The third-order valence-electron chi connectivity index (χ3n) is 4.31. The SMILES string of the molecule is CC1(C)OB(c2cnc(NC3CC3)c(F)c2)OC1(C)C. The molecular weight excluding hydrogens is 258 g/mol. The van der Waals surface area contributed by atoms with Crippen molar-refractivity contribution in [1.82, 2.24) is 4.98 Å². The van der Waals surface area contributed by atoms with Gasteiger partial charge in [0, 0.05) is 17.7 Å². The second-order valence-electron chi connectivity index (χ2n) is 6.61. The van der Waals surface area contributed by atoms with E-state index in [1.807, 2.05) is 27.7 Å². The van der Waals surface area contributed by atoms with Gasteiger partial charge in [-0.2, -0.15) is 0 Å². The van der Waals surface area contributed by atoms with Gasteiger partial charge in [-0.15, -0.1) is 0 Å². The molecule has 1 aromatic heterocycles. The fraction of sp³-hybridized carbons (Fsp3) is 0.643. The Hall–Kier alpha value is -1.14. The van der Waals surface area contributed by atoms with E-state index in [1.165, 1.54) is 6.07 Å². The highest BCUT2D eigenvalue weighted by atomic mass is 19.1. The first-order valence-electron chi connectivity index (χ1n) is 7.06. The maximum absolute atomic E-state index is 14.0. The molecule has 0 bridgehead atoms. The first-order chi connectivity index (χ1) is 9.28. The number of hydrogen-bond acceptors (Lipinski definition) is 4. The van der Waals surface area contributed by atoms with Crippen LogP contribution < -0.4 is 10.8 Å². The fourth-order valence-electron chi connectivity index (χ4n) is 2.09. The molecule has 1 aliphatic carbocycles. The highest BCUT2D eigenvalue weighted by Gasteiger charge is 2.51. The first kappa shape index (κ1) is 13.8. The van der Waals surface area contributed by atoms with Crippen molar-refractivity contribution in [2.45, 2.75) is 57.8 Å². The van der Waals surface area contributed by atoms with Crippen molar-refractivity contribution in [1.29, 1.82) is 0 Å². The lowest BCUT2D eigenvalue weighted by molar-refractivity contribution is 0.00578. The standard InChI is InChI=1S/C14H20BFN2O2/c1-13(2)14(3,4)20-15(19-13)9-7-11(16)12(17-8-9)18-10-5-6-10/h7-8,10H,5-6H2,1-4H3,(H,17,18). The monoisotopic (exact) mass is 278 g/mol. The number of halogens is 1. The lowest BCUT2D eigenvalue weighted by Crippen LogP contribution is -2.41. The van der Waals surface area contributed by atoms with Crippen molar-refractivity contribution in [2.75, 3.05) is 5.32 Å². The Morgan fingerprint density at radius 2 is 1.85 bits per heavy atom. The molecule has 4 nitrogen and oxygen atoms in total. The second kappa shape index (κ2) is 4.43. The predicted octanol–water partition coefficient (Wildman–Crippen LogP) is 2.09. The van der Waals surface area contributed by atoms with Gasteiger partial charge in [0.1, 0.15) is 0 Å². The van der Waals surface area contributed by atoms with Gasteiger partial charge in [-0.25, -0.2) is 9.37 Å². The van der Waals surface area contributed by atoms with Crippen molar-refractivity contribution >= 4 is 18.4 Å². The molecule has 1 saturated carbocycles. The molecule has 0 radical (unpaired) electrons. The summed E-state index contributed by atoms with van der Waals surface area (Å²) in [6.07, 6.45) is 3.79. The third kappa shape index (κ3) is 2.42. The molecular formula is C14H20BFN2O2. The number of nitrogens with zero attached hydrogens (tertiary/aromatic N) is 1. The molecule has 20 heavy (non-hydrogen) atoms. The van der Waals surface area contributed by atoms with Crippen molar-refractivity contribution in [2.24, 2.45) is 0 Å². The molecule has 0 atom stereocenters. The van der Waals surface area contributed by atoms with Gasteiger partial charge < -0.3 is 14.6 Å². The Morgan fingerprint density at radius 1 is 1.25 bits per heavy atom. The Morgan fingerprint density at radius 3 is 2.35 bits per heavy atom. The second-order valence-corrected chi connectivity index (χ2v) is 6.61. The Kier molecular flexibility index (Phi) is 3.06. The molecule has 1 saturated heterocycles. The minimum atomic E-state index is -0.572. The molecule has 2 aliphatic rings. The zero-order valence-electron chi connectivity index (χ0n) is 12.4. The summed E-state index contributed by atoms with van der Waals surface area (Å²) < 4.78 is 25.8. The smallest absolute Gasteiger partial charge is 0.399 e. The largest absolute Gasteiger partial charge is 0.496 e. The van der Waals surface area contributed by atoms with E-state index >= 15 is 0 Å². The van der Waals surface area contributed by atoms with Crippen LogP contribution in [-0.2, 0) is 9.31 Å². The average molecular weight is 278 g/mol. The van der Waals surface area contributed by atoms with Crippen LogP contribution in [0.4, 0.5) is 10.2 Å². The number of aromatic nitrogens is 1. The molecule has 2 heterocycles. The molecule has 1 aromatic rings. The molecule has 0 unspecified atom stereocenters. The van der Waals surface area contributed by atoms with Crippen molar-refractivity contribution in [3.05, 3.63) is 18.1 Å². The van der Waals surface area contributed by atoms with E-state index in [2.05, 4.69) is 10.3 Å². The zero-order valence-corrected chi connectivity index (χ0v) is 12.4. The minimum absolute atomic E-state index is 0.313. The summed E-state index contributed by atoms with van der Waals surface area (Å²) in [6.45, 7) is 7.89. The number of nitrogens with one attached hydrogen (secondary N) is 1. The van der Waals surface area contributed by atoms with E-state index in [0.717, 1.165) is 12.8 Å². The summed E-state index contributed by atoms with van der Waals surface area (Å²) in [4.78, 5) is 4.15. The van der Waals surface area contributed by atoms with Gasteiger partial charge in [0.15, 0.2) is 11.6 Å². The molecule has 1 N–H and O–H groups in total. The van der Waals surface area contributed by atoms with Gasteiger partial charge in [-0.1, -0.05) is 0 Å². The van der Waals surface area contributed by atoms with E-state index < -0.39 is 18.3 Å². The molecule has 2 fully saturated rings. The minimum Gasteiger partial charge on any atom is -0.399 e. The van der Waals surface area contributed by atoms with Gasteiger partial charge in [0.05, 0.1) is 11.2 Å². The summed E-state index contributed by atoms with van der Waals surface area (Å²) >= 11 is 0. The quantitative estimate of drug-likeness (QED) is 0.860. The van der Waals surface area contributed by atoms with Crippen LogP contribution in [0, 0.1) is 5.82 Å². The van der Waals surface area contributed by atoms with E-state index in [0.29, 0.717) is 17.3 Å². The van der Waals surface area contributed by atoms with E-state index in [-0.39, 0.29) is 5.82 Å². The van der Waals surface area contributed by atoms with Crippen LogP contribution >= 0.6 is 0 Å². The van der Waals surface area contributed by atoms with Crippen molar-refractivity contribution < 1.29 is 13.7 Å². The molecule has 0 spiro atoms. The summed E-state index contributed by atoms with van der Waals surface area (Å²) in [5, 5.41) is 3.07. The molecule has 108 valence electrons. The number of anilines is 1. The van der Waals surface area contributed by atoms with Gasteiger partial charge in [-0.05, 0) is 46.6 Å². The summed E-state index contributed by atoms with van der Waals surface area (Å²) in [6, 6.07) is 1.82. The maximum Gasteiger partial charge on any atom is 0.496 e. The lowest BCUT2D eigenvalue weighted by atomic mass is 9.80. The Balaban J connectivity index is 1.79. The average Bonchev–Trinajstić information content (AvgIpc) is 3.10. The Bertz CT molecular complexity index is 516. The van der Waals surface area contributed by atoms with Crippen molar-refractivity contribution in [3.8, 4) is 0 Å². The topological polar surface area (TPSA) is 43.4 Å². The van der Waals surface area contributed by atoms with Crippen molar-refractivity contribution in [3.63, 3.8) is 0 Å².